The van der Waals surface area contributed by atoms with Gasteiger partial charge in [0.25, 0.3) is 0 Å². The highest BCUT2D eigenvalue weighted by Crippen LogP contribution is 2.31. The summed E-state index contributed by atoms with van der Waals surface area (Å²) in [6.07, 6.45) is 1.30. The van der Waals surface area contributed by atoms with E-state index in [-0.39, 0.29) is 18.3 Å². The van der Waals surface area contributed by atoms with Gasteiger partial charge >= 0.3 is 0 Å². The van der Waals surface area contributed by atoms with Crippen LogP contribution in [0.5, 0.6) is 5.75 Å². The second-order valence-electron chi connectivity index (χ2n) is 4.49. The topological polar surface area (TPSA) is 63.2 Å². The summed E-state index contributed by atoms with van der Waals surface area (Å²) in [6, 6.07) is 7.70. The van der Waals surface area contributed by atoms with E-state index in [4.69, 9.17) is 4.74 Å². The van der Waals surface area contributed by atoms with Gasteiger partial charge in [-0.3, -0.25) is 4.79 Å². The van der Waals surface area contributed by atoms with Crippen molar-refractivity contribution in [1.82, 2.24) is 10.3 Å². The van der Waals surface area contributed by atoms with Gasteiger partial charge in [-0.25, -0.2) is 4.98 Å². The Labute approximate surface area is 140 Å². The number of halogens is 1. The van der Waals surface area contributed by atoms with Crippen LogP contribution in [0, 0.1) is 0 Å². The molecule has 1 heterocycles. The molecule has 0 spiro atoms. The van der Waals surface area contributed by atoms with E-state index in [1.807, 2.05) is 36.7 Å². The zero-order valence-electron chi connectivity index (χ0n) is 12.6. The first kappa shape index (κ1) is 18.4. The Balaban J connectivity index is 0.00000242. The summed E-state index contributed by atoms with van der Waals surface area (Å²) in [7, 11) is 3.51. The van der Waals surface area contributed by atoms with Crippen molar-refractivity contribution in [2.45, 2.75) is 12.8 Å². The third-order valence-corrected chi connectivity index (χ3v) is 3.72. The largest absolute Gasteiger partial charge is 0.496 e. The van der Waals surface area contributed by atoms with Crippen LogP contribution in [0.4, 0.5) is 5.13 Å². The van der Waals surface area contributed by atoms with Crippen LogP contribution in [0.1, 0.15) is 12.8 Å². The van der Waals surface area contributed by atoms with E-state index in [1.165, 1.54) is 11.3 Å². The second-order valence-corrected chi connectivity index (χ2v) is 5.35. The van der Waals surface area contributed by atoms with Gasteiger partial charge in [0.05, 0.1) is 12.8 Å². The third-order valence-electron chi connectivity index (χ3n) is 2.96. The molecular formula is C15H20ClN3O2S. The molecule has 0 fully saturated rings. The number of rotatable bonds is 7. The minimum atomic E-state index is -0.00817. The van der Waals surface area contributed by atoms with Crippen LogP contribution in [0.2, 0.25) is 0 Å². The van der Waals surface area contributed by atoms with E-state index in [1.54, 1.807) is 7.11 Å². The molecule has 0 unspecified atom stereocenters. The molecule has 22 heavy (non-hydrogen) atoms. The van der Waals surface area contributed by atoms with Crippen molar-refractivity contribution in [2.75, 3.05) is 26.0 Å². The summed E-state index contributed by atoms with van der Waals surface area (Å²) in [5.41, 5.74) is 1.73. The molecule has 5 nitrogen and oxygen atoms in total. The van der Waals surface area contributed by atoms with Gasteiger partial charge in [-0.15, -0.1) is 23.7 Å². The minimum Gasteiger partial charge on any atom is -0.496 e. The fourth-order valence-electron chi connectivity index (χ4n) is 1.92. The lowest BCUT2D eigenvalue weighted by Crippen LogP contribution is -2.15. The van der Waals surface area contributed by atoms with Gasteiger partial charge in [-0.1, -0.05) is 12.1 Å². The number of para-hydroxylation sites is 1. The molecule has 0 aliphatic rings. The van der Waals surface area contributed by atoms with Gasteiger partial charge < -0.3 is 15.4 Å². The summed E-state index contributed by atoms with van der Waals surface area (Å²) in [6.45, 7) is 0.831. The monoisotopic (exact) mass is 341 g/mol. The van der Waals surface area contributed by atoms with Crippen LogP contribution in [-0.2, 0) is 4.79 Å². The Morgan fingerprint density at radius 1 is 1.36 bits per heavy atom. The number of carbonyl (C=O) groups excluding carboxylic acids is 1. The van der Waals surface area contributed by atoms with E-state index in [2.05, 4.69) is 15.6 Å². The molecule has 7 heteroatoms. The summed E-state index contributed by atoms with van der Waals surface area (Å²) in [5.74, 6) is 0.765. The number of ether oxygens (including phenoxy) is 1. The summed E-state index contributed by atoms with van der Waals surface area (Å²) in [5, 5.41) is 8.38. The molecule has 2 N–H and O–H groups in total. The van der Waals surface area contributed by atoms with Gasteiger partial charge in [-0.05, 0) is 32.1 Å². The molecule has 2 aromatic rings. The first-order valence-corrected chi connectivity index (χ1v) is 7.66. The molecule has 0 aliphatic heterocycles. The number of aromatic nitrogens is 1. The number of methoxy groups -OCH3 is 1. The molecule has 0 aliphatic carbocycles. The predicted molar refractivity (Wildman–Crippen MR) is 93.1 cm³/mol. The number of hydrogen-bond donors (Lipinski definition) is 2. The third kappa shape index (κ3) is 4.98. The Morgan fingerprint density at radius 3 is 2.86 bits per heavy atom. The van der Waals surface area contributed by atoms with Crippen molar-refractivity contribution in [3.05, 3.63) is 29.6 Å². The van der Waals surface area contributed by atoms with Crippen molar-refractivity contribution in [2.24, 2.45) is 0 Å². The lowest BCUT2D eigenvalue weighted by Gasteiger charge is -2.05. The lowest BCUT2D eigenvalue weighted by molar-refractivity contribution is -0.116. The first-order valence-electron chi connectivity index (χ1n) is 6.78. The van der Waals surface area contributed by atoms with Gasteiger partial charge in [-0.2, -0.15) is 0 Å². The predicted octanol–water partition coefficient (Wildman–Crippen LogP) is 3.18. The molecule has 1 aromatic carbocycles. The van der Waals surface area contributed by atoms with Crippen molar-refractivity contribution < 1.29 is 9.53 Å². The quantitative estimate of drug-likeness (QED) is 0.759. The second kappa shape index (κ2) is 9.40. The number of thiazole rings is 1. The maximum atomic E-state index is 11.8. The van der Waals surface area contributed by atoms with Gasteiger partial charge in [0.1, 0.15) is 5.75 Å². The highest BCUT2D eigenvalue weighted by Gasteiger charge is 2.11. The normalized spacial score (nSPS) is 9.91. The number of anilines is 1. The minimum absolute atomic E-state index is 0. The molecule has 2 rings (SSSR count). The molecule has 0 atom stereocenters. The van der Waals surface area contributed by atoms with Crippen molar-refractivity contribution in [3.63, 3.8) is 0 Å². The molecule has 0 bridgehead atoms. The maximum Gasteiger partial charge on any atom is 0.226 e. The summed E-state index contributed by atoms with van der Waals surface area (Å²) in [4.78, 5) is 16.2. The van der Waals surface area contributed by atoms with Crippen molar-refractivity contribution >= 4 is 34.8 Å². The van der Waals surface area contributed by atoms with E-state index >= 15 is 0 Å². The van der Waals surface area contributed by atoms with Gasteiger partial charge in [0.15, 0.2) is 5.13 Å². The van der Waals surface area contributed by atoms with Crippen LogP contribution < -0.4 is 15.4 Å². The zero-order chi connectivity index (χ0) is 15.1. The average Bonchev–Trinajstić information content (AvgIpc) is 2.95. The highest BCUT2D eigenvalue weighted by atomic mass is 35.5. The van der Waals surface area contributed by atoms with E-state index in [0.29, 0.717) is 11.6 Å². The SMILES string of the molecule is CNCCCC(=O)Nc1nc(-c2ccccc2OC)cs1.Cl. The Bertz CT molecular complexity index is 604. The van der Waals surface area contributed by atoms with E-state index < -0.39 is 0 Å². The van der Waals surface area contributed by atoms with Gasteiger partial charge in [0, 0.05) is 17.4 Å². The molecule has 1 amide bonds. The molecule has 0 radical (unpaired) electrons. The Hall–Kier alpha value is -1.63. The first-order chi connectivity index (χ1) is 10.2. The number of benzene rings is 1. The number of hydrogen-bond acceptors (Lipinski definition) is 5. The van der Waals surface area contributed by atoms with Gasteiger partial charge in [0.2, 0.25) is 5.91 Å². The summed E-state index contributed by atoms with van der Waals surface area (Å²) >= 11 is 1.42. The lowest BCUT2D eigenvalue weighted by atomic mass is 10.1. The Kier molecular flexibility index (Phi) is 7.87. The van der Waals surface area contributed by atoms with Crippen LogP contribution in [0.3, 0.4) is 0 Å². The number of nitrogens with one attached hydrogen (secondary N) is 2. The highest BCUT2D eigenvalue weighted by molar-refractivity contribution is 7.14. The number of nitrogens with zero attached hydrogens (tertiary/aromatic N) is 1. The molecule has 0 saturated heterocycles. The fourth-order valence-corrected chi connectivity index (χ4v) is 2.65. The molecule has 120 valence electrons. The zero-order valence-corrected chi connectivity index (χ0v) is 14.2. The summed E-state index contributed by atoms with van der Waals surface area (Å²) < 4.78 is 5.33. The number of carbonyl (C=O) groups is 1. The van der Waals surface area contributed by atoms with Crippen molar-refractivity contribution in [1.29, 1.82) is 0 Å². The number of amides is 1. The Morgan fingerprint density at radius 2 is 2.14 bits per heavy atom. The van der Waals surface area contributed by atoms with E-state index in [0.717, 1.165) is 30.0 Å². The molecular weight excluding hydrogens is 322 g/mol. The fraction of sp³-hybridized carbons (Fsp3) is 0.333. The standard InChI is InChI=1S/C15H19N3O2S.ClH/c1-16-9-5-8-14(19)18-15-17-12(10-21-15)11-6-3-4-7-13(11)20-2;/h3-4,6-7,10,16H,5,8-9H2,1-2H3,(H,17,18,19);1H. The maximum absolute atomic E-state index is 11.8. The smallest absolute Gasteiger partial charge is 0.226 e. The van der Waals surface area contributed by atoms with Crippen LogP contribution in [-0.4, -0.2) is 31.6 Å². The average molecular weight is 342 g/mol. The van der Waals surface area contributed by atoms with Crippen LogP contribution in [0.15, 0.2) is 29.6 Å². The van der Waals surface area contributed by atoms with Crippen LogP contribution >= 0.6 is 23.7 Å². The van der Waals surface area contributed by atoms with E-state index in [9.17, 15) is 4.79 Å². The van der Waals surface area contributed by atoms with Crippen molar-refractivity contribution in [3.8, 4) is 17.0 Å². The molecule has 1 aromatic heterocycles. The molecule has 0 saturated carbocycles. The van der Waals surface area contributed by atoms with Crippen LogP contribution in [0.25, 0.3) is 11.3 Å².